The quantitative estimate of drug-likeness (QED) is 0.825. The van der Waals surface area contributed by atoms with E-state index in [-0.39, 0.29) is 11.6 Å². The Bertz CT molecular complexity index is 868. The molecule has 4 rings (SSSR count). The van der Waals surface area contributed by atoms with Crippen LogP contribution in [0, 0.1) is 6.92 Å². The minimum atomic E-state index is -0.478. The van der Waals surface area contributed by atoms with Crippen LogP contribution in [0.4, 0.5) is 11.5 Å². The zero-order valence-corrected chi connectivity index (χ0v) is 16.4. The summed E-state index contributed by atoms with van der Waals surface area (Å²) in [5.74, 6) is 0.830. The average Bonchev–Trinajstić information content (AvgIpc) is 3.13. The van der Waals surface area contributed by atoms with Crippen molar-refractivity contribution in [1.82, 2.24) is 14.8 Å². The van der Waals surface area contributed by atoms with Gasteiger partial charge in [-0.15, -0.1) is 0 Å². The van der Waals surface area contributed by atoms with Crippen molar-refractivity contribution in [2.24, 2.45) is 0 Å². The minimum Gasteiger partial charge on any atom is -0.391 e. The van der Waals surface area contributed by atoms with Crippen molar-refractivity contribution >= 4 is 11.5 Å². The van der Waals surface area contributed by atoms with Crippen molar-refractivity contribution in [2.75, 3.05) is 23.3 Å². The molecule has 2 aliphatic rings. The van der Waals surface area contributed by atoms with Gasteiger partial charge in [0.15, 0.2) is 0 Å². The van der Waals surface area contributed by atoms with Gasteiger partial charge in [-0.2, -0.15) is 5.10 Å². The number of rotatable bonds is 5. The van der Waals surface area contributed by atoms with Crippen LogP contribution in [0.2, 0.25) is 0 Å². The minimum absolute atomic E-state index is 0.131. The number of piperidine rings is 1. The number of aryl methyl sites for hydroxylation is 1. The lowest BCUT2D eigenvalue weighted by Crippen LogP contribution is -2.45. The van der Waals surface area contributed by atoms with Crippen LogP contribution < -0.4 is 15.8 Å². The third-order valence-electron chi connectivity index (χ3n) is 5.93. The van der Waals surface area contributed by atoms with Gasteiger partial charge in [0.1, 0.15) is 5.82 Å². The van der Waals surface area contributed by atoms with E-state index in [4.69, 9.17) is 0 Å². The monoisotopic (exact) mass is 383 g/mol. The fourth-order valence-corrected chi connectivity index (χ4v) is 4.42. The standard InChI is InChI=1S/C21H29N5O2/c1-15-13-16(10-11-22-15)23-14-17-5-2-3-12-25(17)20-8-9-21(28)26(24-20)18-6-4-7-19(18)27/h8-11,13,17-19,27H,2-7,12,14H2,1H3,(H,22,23). The fraction of sp³-hybridized carbons (Fsp3) is 0.571. The molecule has 0 spiro atoms. The van der Waals surface area contributed by atoms with Crippen LogP contribution in [0.5, 0.6) is 0 Å². The molecule has 0 bridgehead atoms. The summed E-state index contributed by atoms with van der Waals surface area (Å²) in [6.07, 6.45) is 7.23. The Balaban J connectivity index is 1.53. The van der Waals surface area contributed by atoms with Gasteiger partial charge in [0, 0.05) is 42.8 Å². The van der Waals surface area contributed by atoms with E-state index >= 15 is 0 Å². The molecule has 0 aromatic carbocycles. The summed E-state index contributed by atoms with van der Waals surface area (Å²) in [5, 5.41) is 18.4. The van der Waals surface area contributed by atoms with Crippen molar-refractivity contribution in [3.8, 4) is 0 Å². The van der Waals surface area contributed by atoms with Gasteiger partial charge in [-0.05, 0) is 63.6 Å². The first-order valence-corrected chi connectivity index (χ1v) is 10.3. The summed E-state index contributed by atoms with van der Waals surface area (Å²) in [5.41, 5.74) is 1.94. The molecule has 2 fully saturated rings. The number of hydrogen-bond donors (Lipinski definition) is 2. The van der Waals surface area contributed by atoms with E-state index in [1.807, 2.05) is 31.3 Å². The van der Waals surface area contributed by atoms with Gasteiger partial charge < -0.3 is 15.3 Å². The summed E-state index contributed by atoms with van der Waals surface area (Å²) in [6.45, 7) is 3.74. The molecule has 0 amide bonds. The molecular weight excluding hydrogens is 354 g/mol. The first-order valence-electron chi connectivity index (χ1n) is 10.3. The number of hydrogen-bond acceptors (Lipinski definition) is 6. The van der Waals surface area contributed by atoms with Crippen LogP contribution in [0.3, 0.4) is 0 Å². The molecule has 1 saturated carbocycles. The van der Waals surface area contributed by atoms with E-state index in [1.165, 1.54) is 11.1 Å². The number of aromatic nitrogens is 3. The molecule has 2 aromatic rings. The Morgan fingerprint density at radius 1 is 1.18 bits per heavy atom. The smallest absolute Gasteiger partial charge is 0.267 e. The first-order chi connectivity index (χ1) is 13.6. The molecule has 28 heavy (non-hydrogen) atoms. The van der Waals surface area contributed by atoms with Gasteiger partial charge in [-0.25, -0.2) is 4.68 Å². The number of nitrogens with one attached hydrogen (secondary N) is 1. The van der Waals surface area contributed by atoms with E-state index in [1.54, 1.807) is 6.07 Å². The second-order valence-corrected chi connectivity index (χ2v) is 7.95. The highest BCUT2D eigenvalue weighted by Crippen LogP contribution is 2.29. The lowest BCUT2D eigenvalue weighted by Gasteiger charge is -2.37. The summed E-state index contributed by atoms with van der Waals surface area (Å²) in [4.78, 5) is 18.9. The number of aliphatic hydroxyl groups is 1. The maximum absolute atomic E-state index is 12.4. The number of pyridine rings is 1. The van der Waals surface area contributed by atoms with Crippen LogP contribution in [0.25, 0.3) is 0 Å². The van der Waals surface area contributed by atoms with Crippen LogP contribution in [0.1, 0.15) is 50.3 Å². The Morgan fingerprint density at radius 2 is 2.07 bits per heavy atom. The Labute approximate surface area is 165 Å². The van der Waals surface area contributed by atoms with E-state index in [9.17, 15) is 9.90 Å². The molecule has 7 heteroatoms. The van der Waals surface area contributed by atoms with E-state index in [2.05, 4.69) is 20.3 Å². The molecule has 2 N–H and O–H groups in total. The molecular formula is C21H29N5O2. The molecule has 1 saturated heterocycles. The highest BCUT2D eigenvalue weighted by molar-refractivity contribution is 5.45. The van der Waals surface area contributed by atoms with Gasteiger partial charge in [0.2, 0.25) is 0 Å². The Hall–Kier alpha value is -2.41. The third-order valence-corrected chi connectivity index (χ3v) is 5.93. The SMILES string of the molecule is Cc1cc(NCC2CCCCN2c2ccc(=O)n(C3CCCC3O)n2)ccn1. The number of nitrogens with zero attached hydrogens (tertiary/aromatic N) is 4. The maximum atomic E-state index is 12.4. The predicted octanol–water partition coefficient (Wildman–Crippen LogP) is 2.50. The van der Waals surface area contributed by atoms with Crippen LogP contribution in [-0.4, -0.2) is 45.1 Å². The van der Waals surface area contributed by atoms with Crippen LogP contribution >= 0.6 is 0 Å². The fourth-order valence-electron chi connectivity index (χ4n) is 4.42. The molecule has 3 atom stereocenters. The Morgan fingerprint density at radius 3 is 2.86 bits per heavy atom. The van der Waals surface area contributed by atoms with E-state index in [0.29, 0.717) is 6.04 Å². The molecule has 1 aliphatic heterocycles. The molecule has 3 heterocycles. The zero-order valence-electron chi connectivity index (χ0n) is 16.4. The van der Waals surface area contributed by atoms with Crippen molar-refractivity contribution in [2.45, 2.75) is 63.6 Å². The van der Waals surface area contributed by atoms with E-state index in [0.717, 1.165) is 62.4 Å². The van der Waals surface area contributed by atoms with Gasteiger partial charge >= 0.3 is 0 Å². The van der Waals surface area contributed by atoms with Crippen LogP contribution in [-0.2, 0) is 0 Å². The molecule has 1 aliphatic carbocycles. The third kappa shape index (κ3) is 4.04. The topological polar surface area (TPSA) is 83.3 Å². The molecule has 0 radical (unpaired) electrons. The van der Waals surface area contributed by atoms with E-state index < -0.39 is 6.10 Å². The molecule has 3 unspecified atom stereocenters. The van der Waals surface area contributed by atoms with Gasteiger partial charge in [0.25, 0.3) is 5.56 Å². The maximum Gasteiger partial charge on any atom is 0.267 e. The second-order valence-electron chi connectivity index (χ2n) is 7.95. The number of aliphatic hydroxyl groups excluding tert-OH is 1. The normalized spacial score (nSPS) is 25.1. The zero-order chi connectivity index (χ0) is 19.5. The molecule has 7 nitrogen and oxygen atoms in total. The predicted molar refractivity (Wildman–Crippen MR) is 110 cm³/mol. The average molecular weight is 383 g/mol. The number of anilines is 2. The van der Waals surface area contributed by atoms with Crippen LogP contribution in [0.15, 0.2) is 35.3 Å². The molecule has 150 valence electrons. The lowest BCUT2D eigenvalue weighted by atomic mass is 10.0. The van der Waals surface area contributed by atoms with Gasteiger partial charge in [-0.3, -0.25) is 9.78 Å². The second kappa shape index (κ2) is 8.31. The van der Waals surface area contributed by atoms with Crippen molar-refractivity contribution in [1.29, 1.82) is 0 Å². The van der Waals surface area contributed by atoms with Gasteiger partial charge in [0.05, 0.1) is 12.1 Å². The largest absolute Gasteiger partial charge is 0.391 e. The van der Waals surface area contributed by atoms with Gasteiger partial charge in [-0.1, -0.05) is 0 Å². The first kappa shape index (κ1) is 18.9. The summed E-state index contributed by atoms with van der Waals surface area (Å²) < 4.78 is 1.51. The van der Waals surface area contributed by atoms with Crippen molar-refractivity contribution < 1.29 is 5.11 Å². The van der Waals surface area contributed by atoms with Crippen molar-refractivity contribution in [3.63, 3.8) is 0 Å². The highest BCUT2D eigenvalue weighted by atomic mass is 16.3. The highest BCUT2D eigenvalue weighted by Gasteiger charge is 2.30. The molecule has 2 aromatic heterocycles. The van der Waals surface area contributed by atoms with Crippen molar-refractivity contribution in [3.05, 3.63) is 46.5 Å². The summed E-state index contributed by atoms with van der Waals surface area (Å²) in [7, 11) is 0. The summed E-state index contributed by atoms with van der Waals surface area (Å²) in [6, 6.07) is 7.57. The lowest BCUT2D eigenvalue weighted by molar-refractivity contribution is 0.127. The Kier molecular flexibility index (Phi) is 5.62. The summed E-state index contributed by atoms with van der Waals surface area (Å²) >= 11 is 0.